The van der Waals surface area contributed by atoms with E-state index in [9.17, 15) is 4.79 Å². The Morgan fingerprint density at radius 1 is 1.28 bits per heavy atom. The topological polar surface area (TPSA) is 65.0 Å². The molecule has 0 bridgehead atoms. The van der Waals surface area contributed by atoms with E-state index in [1.165, 1.54) is 6.92 Å². The van der Waals surface area contributed by atoms with Gasteiger partial charge < -0.3 is 19.3 Å². The van der Waals surface area contributed by atoms with E-state index in [1.807, 2.05) is 0 Å². The molecule has 0 spiro atoms. The highest BCUT2D eigenvalue weighted by atomic mass is 16.7. The van der Waals surface area contributed by atoms with Gasteiger partial charge in [-0.15, -0.1) is 0 Å². The Bertz CT molecular complexity index is 203. The van der Waals surface area contributed by atoms with Crippen LogP contribution in [0.5, 0.6) is 0 Å². The third kappa shape index (κ3) is 15.1. The van der Waals surface area contributed by atoms with Crippen LogP contribution in [0.15, 0.2) is 12.2 Å². The molecule has 5 heteroatoms. The number of aliphatic carboxylic acids is 1. The van der Waals surface area contributed by atoms with Gasteiger partial charge in [0.2, 0.25) is 0 Å². The van der Waals surface area contributed by atoms with E-state index in [1.54, 1.807) is 7.11 Å². The first-order chi connectivity index (χ1) is 8.49. The highest BCUT2D eigenvalue weighted by Crippen LogP contribution is 1.96. The number of hydrogen-bond donors (Lipinski definition) is 1. The first kappa shape index (κ1) is 19.4. The van der Waals surface area contributed by atoms with Gasteiger partial charge in [-0.3, -0.25) is 0 Å². The summed E-state index contributed by atoms with van der Waals surface area (Å²) in [7, 11) is 1.63. The minimum Gasteiger partial charge on any atom is -0.478 e. The van der Waals surface area contributed by atoms with Crippen molar-refractivity contribution in [3.63, 3.8) is 0 Å². The fourth-order valence-electron chi connectivity index (χ4n) is 0.757. The summed E-state index contributed by atoms with van der Waals surface area (Å²) in [5.74, 6) is -0.935. The Kier molecular flexibility index (Phi) is 15.3. The summed E-state index contributed by atoms with van der Waals surface area (Å²) in [6.45, 7) is 10.8. The standard InChI is InChI=1S/C9H20O3.C4H6O2/c1-4-6-11-8-9(10-3)12-7-5-2;1-3(2)4(5)6/h9H,4-8H2,1-3H3;1H2,2H3,(H,5,6). The zero-order valence-corrected chi connectivity index (χ0v) is 11.9. The van der Waals surface area contributed by atoms with E-state index in [2.05, 4.69) is 20.4 Å². The van der Waals surface area contributed by atoms with Gasteiger partial charge in [0, 0.05) is 25.9 Å². The molecule has 1 unspecified atom stereocenters. The van der Waals surface area contributed by atoms with Crippen LogP contribution in [-0.4, -0.2) is 44.3 Å². The van der Waals surface area contributed by atoms with Crippen molar-refractivity contribution < 1.29 is 24.1 Å². The molecule has 0 radical (unpaired) electrons. The van der Waals surface area contributed by atoms with Crippen LogP contribution in [0, 0.1) is 0 Å². The first-order valence-corrected chi connectivity index (χ1v) is 6.10. The normalized spacial score (nSPS) is 11.3. The lowest BCUT2D eigenvalue weighted by atomic mass is 10.4. The molecule has 1 atom stereocenters. The lowest BCUT2D eigenvalue weighted by Crippen LogP contribution is -2.22. The van der Waals surface area contributed by atoms with Crippen LogP contribution >= 0.6 is 0 Å². The maximum Gasteiger partial charge on any atom is 0.330 e. The van der Waals surface area contributed by atoms with Gasteiger partial charge >= 0.3 is 5.97 Å². The molecule has 0 saturated carbocycles. The fraction of sp³-hybridized carbons (Fsp3) is 0.769. The van der Waals surface area contributed by atoms with Crippen molar-refractivity contribution in [1.29, 1.82) is 0 Å². The van der Waals surface area contributed by atoms with E-state index >= 15 is 0 Å². The summed E-state index contributed by atoms with van der Waals surface area (Å²) >= 11 is 0. The van der Waals surface area contributed by atoms with Crippen molar-refractivity contribution in [3.8, 4) is 0 Å². The van der Waals surface area contributed by atoms with Crippen LogP contribution in [0.1, 0.15) is 33.6 Å². The second kappa shape index (κ2) is 14.2. The molecule has 0 fully saturated rings. The molecule has 0 aromatic carbocycles. The quantitative estimate of drug-likeness (QED) is 0.393. The van der Waals surface area contributed by atoms with Gasteiger partial charge in [0.1, 0.15) is 0 Å². The molecule has 0 aromatic heterocycles. The molecule has 0 aliphatic rings. The van der Waals surface area contributed by atoms with E-state index in [-0.39, 0.29) is 11.9 Å². The molecule has 0 heterocycles. The SMILES string of the molecule is C=C(C)C(=O)O.CCCOCC(OC)OCCC. The molecule has 0 aromatic rings. The molecule has 18 heavy (non-hydrogen) atoms. The summed E-state index contributed by atoms with van der Waals surface area (Å²) < 4.78 is 15.7. The van der Waals surface area contributed by atoms with Crippen LogP contribution in [-0.2, 0) is 19.0 Å². The number of carboxylic acid groups (broad SMARTS) is 1. The zero-order valence-electron chi connectivity index (χ0n) is 11.9. The average molecular weight is 262 g/mol. The van der Waals surface area contributed by atoms with Crippen LogP contribution in [0.3, 0.4) is 0 Å². The Morgan fingerprint density at radius 2 is 1.78 bits per heavy atom. The smallest absolute Gasteiger partial charge is 0.330 e. The lowest BCUT2D eigenvalue weighted by Gasteiger charge is -2.15. The number of rotatable bonds is 9. The number of carboxylic acids is 1. The third-order valence-corrected chi connectivity index (χ3v) is 1.74. The predicted octanol–water partition coefficient (Wildman–Crippen LogP) is 2.46. The van der Waals surface area contributed by atoms with Crippen molar-refractivity contribution in [3.05, 3.63) is 12.2 Å². The molecule has 0 rings (SSSR count). The second-order valence-electron chi connectivity index (χ2n) is 3.70. The average Bonchev–Trinajstić information content (AvgIpc) is 2.34. The van der Waals surface area contributed by atoms with Gasteiger partial charge in [-0.1, -0.05) is 20.4 Å². The molecule has 108 valence electrons. The van der Waals surface area contributed by atoms with Crippen molar-refractivity contribution in [2.75, 3.05) is 26.9 Å². The van der Waals surface area contributed by atoms with E-state index in [4.69, 9.17) is 19.3 Å². The highest BCUT2D eigenvalue weighted by molar-refractivity contribution is 5.84. The highest BCUT2D eigenvalue weighted by Gasteiger charge is 2.05. The summed E-state index contributed by atoms with van der Waals surface area (Å²) in [5.41, 5.74) is 0.176. The predicted molar refractivity (Wildman–Crippen MR) is 70.6 cm³/mol. The largest absolute Gasteiger partial charge is 0.478 e. The van der Waals surface area contributed by atoms with E-state index in [0.29, 0.717) is 6.61 Å². The van der Waals surface area contributed by atoms with Crippen molar-refractivity contribution >= 4 is 5.97 Å². The molecule has 0 aliphatic carbocycles. The van der Waals surface area contributed by atoms with Gasteiger partial charge in [0.25, 0.3) is 0 Å². The van der Waals surface area contributed by atoms with E-state index < -0.39 is 5.97 Å². The van der Waals surface area contributed by atoms with Gasteiger partial charge in [-0.25, -0.2) is 4.79 Å². The third-order valence-electron chi connectivity index (χ3n) is 1.74. The summed E-state index contributed by atoms with van der Waals surface area (Å²) in [5, 5.41) is 7.89. The molecule has 0 aliphatic heterocycles. The summed E-state index contributed by atoms with van der Waals surface area (Å²) in [6.07, 6.45) is 1.84. The van der Waals surface area contributed by atoms with Crippen molar-refractivity contribution in [2.24, 2.45) is 0 Å². The van der Waals surface area contributed by atoms with E-state index in [0.717, 1.165) is 26.1 Å². The maximum atomic E-state index is 9.60. The minimum absolute atomic E-state index is 0.176. The molecule has 0 amide bonds. The van der Waals surface area contributed by atoms with Crippen LogP contribution in [0.4, 0.5) is 0 Å². The summed E-state index contributed by atoms with van der Waals surface area (Å²) in [6, 6.07) is 0. The van der Waals surface area contributed by atoms with Crippen LogP contribution in [0.25, 0.3) is 0 Å². The van der Waals surface area contributed by atoms with Gasteiger partial charge in [-0.2, -0.15) is 0 Å². The number of carbonyl (C=O) groups is 1. The number of hydrogen-bond acceptors (Lipinski definition) is 4. The number of ether oxygens (including phenoxy) is 3. The van der Waals surface area contributed by atoms with Gasteiger partial charge in [0.05, 0.1) is 6.61 Å². The van der Waals surface area contributed by atoms with Gasteiger partial charge in [0.15, 0.2) is 6.29 Å². The monoisotopic (exact) mass is 262 g/mol. The van der Waals surface area contributed by atoms with Crippen molar-refractivity contribution in [1.82, 2.24) is 0 Å². The molecular weight excluding hydrogens is 236 g/mol. The zero-order chi connectivity index (χ0) is 14.4. The Labute approximate surface area is 110 Å². The fourth-order valence-corrected chi connectivity index (χ4v) is 0.757. The Hall–Kier alpha value is -0.910. The van der Waals surface area contributed by atoms with Crippen molar-refractivity contribution in [2.45, 2.75) is 39.9 Å². The summed E-state index contributed by atoms with van der Waals surface area (Å²) in [4.78, 5) is 9.60. The Balaban J connectivity index is 0. The molecule has 0 saturated heterocycles. The molecule has 5 nitrogen and oxygen atoms in total. The Morgan fingerprint density at radius 3 is 2.11 bits per heavy atom. The minimum atomic E-state index is -0.935. The lowest BCUT2D eigenvalue weighted by molar-refractivity contribution is -0.156. The second-order valence-corrected chi connectivity index (χ2v) is 3.70. The maximum absolute atomic E-state index is 9.60. The van der Waals surface area contributed by atoms with Gasteiger partial charge in [-0.05, 0) is 19.8 Å². The van der Waals surface area contributed by atoms with Crippen LogP contribution < -0.4 is 0 Å². The molecular formula is C13H26O5. The molecule has 1 N–H and O–H groups in total. The van der Waals surface area contributed by atoms with Crippen LogP contribution in [0.2, 0.25) is 0 Å². The number of methoxy groups -OCH3 is 1. The first-order valence-electron chi connectivity index (χ1n) is 6.10.